The first kappa shape index (κ1) is 13.1. The molecule has 0 aliphatic carbocycles. The van der Waals surface area contributed by atoms with E-state index >= 15 is 0 Å². The Kier molecular flexibility index (Phi) is 4.01. The monoisotopic (exact) mass is 257 g/mol. The van der Waals surface area contributed by atoms with Crippen molar-refractivity contribution >= 4 is 0 Å². The quantitative estimate of drug-likeness (QED) is 0.899. The number of halogens is 2. The summed E-state index contributed by atoms with van der Waals surface area (Å²) < 4.78 is 34.2. The van der Waals surface area contributed by atoms with Crippen molar-refractivity contribution in [3.8, 4) is 11.5 Å². The number of nitrogens with one attached hydrogen (secondary N) is 1. The number of hydrogen-bond acceptors (Lipinski definition) is 3. The van der Waals surface area contributed by atoms with Crippen LogP contribution in [0.4, 0.5) is 8.78 Å². The van der Waals surface area contributed by atoms with Crippen LogP contribution in [-0.4, -0.2) is 25.3 Å². The molecular formula is C13H17F2NO2. The molecule has 18 heavy (non-hydrogen) atoms. The minimum absolute atomic E-state index is 0.146. The van der Waals surface area contributed by atoms with Gasteiger partial charge in [-0.25, -0.2) is 0 Å². The lowest BCUT2D eigenvalue weighted by Crippen LogP contribution is -2.43. The molecule has 1 heterocycles. The number of benzene rings is 1. The van der Waals surface area contributed by atoms with Crippen LogP contribution in [0, 0.1) is 0 Å². The van der Waals surface area contributed by atoms with E-state index in [9.17, 15) is 8.78 Å². The average molecular weight is 257 g/mol. The molecule has 0 amide bonds. The maximum Gasteiger partial charge on any atom is 0.387 e. The molecule has 2 rings (SSSR count). The van der Waals surface area contributed by atoms with E-state index in [0.29, 0.717) is 5.75 Å². The molecule has 1 aliphatic heterocycles. The van der Waals surface area contributed by atoms with Crippen molar-refractivity contribution in [1.29, 1.82) is 0 Å². The normalized spacial score (nSPS) is 18.7. The molecule has 0 atom stereocenters. The third-order valence-electron chi connectivity index (χ3n) is 3.07. The fourth-order valence-electron chi connectivity index (χ4n) is 2.03. The SMILES string of the molecule is CC1(Oc2ccc(OC(F)F)cc2)CCNCC1. The third kappa shape index (κ3) is 3.57. The number of ether oxygens (including phenoxy) is 2. The lowest BCUT2D eigenvalue weighted by atomic mass is 9.94. The summed E-state index contributed by atoms with van der Waals surface area (Å²) in [6.45, 7) is 1.14. The van der Waals surface area contributed by atoms with E-state index in [0.717, 1.165) is 25.9 Å². The smallest absolute Gasteiger partial charge is 0.387 e. The Labute approximate surface area is 105 Å². The van der Waals surface area contributed by atoms with Crippen molar-refractivity contribution in [3.05, 3.63) is 24.3 Å². The number of hydrogen-bond donors (Lipinski definition) is 1. The van der Waals surface area contributed by atoms with Gasteiger partial charge >= 0.3 is 6.61 Å². The zero-order chi connectivity index (χ0) is 13.0. The van der Waals surface area contributed by atoms with Crippen molar-refractivity contribution in [2.24, 2.45) is 0 Å². The Balaban J connectivity index is 1.97. The summed E-state index contributed by atoms with van der Waals surface area (Å²) in [7, 11) is 0. The zero-order valence-electron chi connectivity index (χ0n) is 10.3. The summed E-state index contributed by atoms with van der Waals surface area (Å²) in [4.78, 5) is 0. The lowest BCUT2D eigenvalue weighted by Gasteiger charge is -2.34. The fourth-order valence-corrected chi connectivity index (χ4v) is 2.03. The first-order valence-electron chi connectivity index (χ1n) is 6.02. The van der Waals surface area contributed by atoms with Crippen LogP contribution in [0.3, 0.4) is 0 Å². The van der Waals surface area contributed by atoms with Crippen molar-refractivity contribution in [2.75, 3.05) is 13.1 Å². The second-order valence-corrected chi connectivity index (χ2v) is 4.65. The zero-order valence-corrected chi connectivity index (χ0v) is 10.3. The van der Waals surface area contributed by atoms with Crippen LogP contribution in [0.25, 0.3) is 0 Å². The van der Waals surface area contributed by atoms with Gasteiger partial charge in [-0.2, -0.15) is 8.78 Å². The van der Waals surface area contributed by atoms with E-state index < -0.39 is 6.61 Å². The van der Waals surface area contributed by atoms with Crippen LogP contribution in [-0.2, 0) is 0 Å². The topological polar surface area (TPSA) is 30.5 Å². The van der Waals surface area contributed by atoms with Crippen molar-refractivity contribution in [2.45, 2.75) is 32.0 Å². The van der Waals surface area contributed by atoms with Gasteiger partial charge < -0.3 is 14.8 Å². The van der Waals surface area contributed by atoms with E-state index in [4.69, 9.17) is 4.74 Å². The highest BCUT2D eigenvalue weighted by atomic mass is 19.3. The summed E-state index contributed by atoms with van der Waals surface area (Å²) in [6, 6.07) is 6.30. The van der Waals surface area contributed by atoms with Gasteiger partial charge in [-0.3, -0.25) is 0 Å². The molecule has 0 aromatic heterocycles. The third-order valence-corrected chi connectivity index (χ3v) is 3.07. The molecule has 0 spiro atoms. The highest BCUT2D eigenvalue weighted by molar-refractivity contribution is 5.31. The van der Waals surface area contributed by atoms with Gasteiger partial charge in [0.2, 0.25) is 0 Å². The van der Waals surface area contributed by atoms with Gasteiger partial charge in [0, 0.05) is 0 Å². The van der Waals surface area contributed by atoms with Crippen LogP contribution in [0.2, 0.25) is 0 Å². The summed E-state index contributed by atoms with van der Waals surface area (Å²) in [5.74, 6) is 0.828. The van der Waals surface area contributed by atoms with Crippen molar-refractivity contribution in [1.82, 2.24) is 5.32 Å². The Morgan fingerprint density at radius 2 is 1.67 bits per heavy atom. The number of alkyl halides is 2. The largest absolute Gasteiger partial charge is 0.487 e. The number of piperidine rings is 1. The molecule has 0 saturated carbocycles. The molecule has 3 nitrogen and oxygen atoms in total. The summed E-state index contributed by atoms with van der Waals surface area (Å²) in [5, 5.41) is 3.27. The first-order chi connectivity index (χ1) is 8.57. The molecule has 1 fully saturated rings. The molecule has 0 bridgehead atoms. The molecule has 1 N–H and O–H groups in total. The molecule has 1 aromatic carbocycles. The van der Waals surface area contributed by atoms with Crippen LogP contribution in [0.1, 0.15) is 19.8 Å². The predicted molar refractivity (Wildman–Crippen MR) is 64.2 cm³/mol. The maximum atomic E-state index is 12.0. The van der Waals surface area contributed by atoms with E-state index in [1.165, 1.54) is 12.1 Å². The predicted octanol–water partition coefficient (Wildman–Crippen LogP) is 2.81. The molecular weight excluding hydrogens is 240 g/mol. The van der Waals surface area contributed by atoms with Crippen LogP contribution < -0.4 is 14.8 Å². The van der Waals surface area contributed by atoms with Gasteiger partial charge in [0.1, 0.15) is 17.1 Å². The van der Waals surface area contributed by atoms with E-state index in [1.807, 2.05) is 0 Å². The first-order valence-corrected chi connectivity index (χ1v) is 6.02. The Morgan fingerprint density at radius 1 is 1.11 bits per heavy atom. The summed E-state index contributed by atoms with van der Waals surface area (Å²) in [6.07, 6.45) is 1.87. The van der Waals surface area contributed by atoms with Crippen molar-refractivity contribution < 1.29 is 18.3 Å². The lowest BCUT2D eigenvalue weighted by molar-refractivity contribution is -0.0499. The second kappa shape index (κ2) is 5.52. The summed E-state index contributed by atoms with van der Waals surface area (Å²) >= 11 is 0. The van der Waals surface area contributed by atoms with Gasteiger partial charge in [0.15, 0.2) is 0 Å². The van der Waals surface area contributed by atoms with E-state index in [1.54, 1.807) is 12.1 Å². The molecule has 100 valence electrons. The maximum absolute atomic E-state index is 12.0. The Morgan fingerprint density at radius 3 is 2.22 bits per heavy atom. The summed E-state index contributed by atoms with van der Waals surface area (Å²) in [5.41, 5.74) is -0.184. The van der Waals surface area contributed by atoms with E-state index in [2.05, 4.69) is 17.0 Å². The van der Waals surface area contributed by atoms with Gasteiger partial charge in [-0.15, -0.1) is 0 Å². The van der Waals surface area contributed by atoms with Crippen LogP contribution in [0.15, 0.2) is 24.3 Å². The fraction of sp³-hybridized carbons (Fsp3) is 0.538. The highest BCUT2D eigenvalue weighted by Crippen LogP contribution is 2.27. The van der Waals surface area contributed by atoms with Crippen LogP contribution in [0.5, 0.6) is 11.5 Å². The standard InChI is InChI=1S/C13H17F2NO2/c1-13(6-8-16-9-7-13)18-11-4-2-10(3-5-11)17-12(14)15/h2-5,12,16H,6-9H2,1H3. The van der Waals surface area contributed by atoms with E-state index in [-0.39, 0.29) is 11.4 Å². The second-order valence-electron chi connectivity index (χ2n) is 4.65. The van der Waals surface area contributed by atoms with Gasteiger partial charge in [-0.1, -0.05) is 0 Å². The molecule has 5 heteroatoms. The van der Waals surface area contributed by atoms with Gasteiger partial charge in [-0.05, 0) is 57.1 Å². The van der Waals surface area contributed by atoms with Crippen molar-refractivity contribution in [3.63, 3.8) is 0 Å². The Hall–Kier alpha value is -1.36. The average Bonchev–Trinajstić information content (AvgIpc) is 2.31. The number of rotatable bonds is 4. The molecule has 0 unspecified atom stereocenters. The minimum atomic E-state index is -2.79. The van der Waals surface area contributed by atoms with Gasteiger partial charge in [0.25, 0.3) is 0 Å². The van der Waals surface area contributed by atoms with Gasteiger partial charge in [0.05, 0.1) is 0 Å². The minimum Gasteiger partial charge on any atom is -0.487 e. The van der Waals surface area contributed by atoms with Crippen LogP contribution >= 0.6 is 0 Å². The highest BCUT2D eigenvalue weighted by Gasteiger charge is 2.28. The molecule has 0 radical (unpaired) electrons. The Bertz CT molecular complexity index is 375. The molecule has 1 aliphatic rings. The molecule has 1 aromatic rings. The molecule has 1 saturated heterocycles.